The Hall–Kier alpha value is -2.63. The summed E-state index contributed by atoms with van der Waals surface area (Å²) in [6.45, 7) is 0.295. The first kappa shape index (κ1) is 14.8. The van der Waals surface area contributed by atoms with Crippen molar-refractivity contribution in [1.29, 1.82) is 0 Å². The van der Waals surface area contributed by atoms with Crippen LogP contribution in [0.2, 0.25) is 0 Å². The van der Waals surface area contributed by atoms with E-state index in [1.54, 1.807) is 51.8 Å². The Balaban J connectivity index is 2.20. The summed E-state index contributed by atoms with van der Waals surface area (Å²) in [5.74, 6) is 2.18. The molecular formula is C15H18N2O4. The van der Waals surface area contributed by atoms with Gasteiger partial charge in [-0.15, -0.1) is 0 Å². The van der Waals surface area contributed by atoms with Crippen LogP contribution in [-0.2, 0) is 6.61 Å². The fourth-order valence-electron chi connectivity index (χ4n) is 1.87. The Labute approximate surface area is 123 Å². The molecule has 21 heavy (non-hydrogen) atoms. The van der Waals surface area contributed by atoms with Gasteiger partial charge in [0.25, 0.3) is 0 Å². The molecule has 1 heterocycles. The van der Waals surface area contributed by atoms with Crippen LogP contribution in [0.25, 0.3) is 0 Å². The molecule has 2 rings (SSSR count). The third kappa shape index (κ3) is 3.47. The molecule has 0 unspecified atom stereocenters. The van der Waals surface area contributed by atoms with Crippen LogP contribution in [0.15, 0.2) is 30.5 Å². The molecule has 0 saturated carbocycles. The largest absolute Gasteiger partial charge is 0.493 e. The van der Waals surface area contributed by atoms with Gasteiger partial charge in [-0.3, -0.25) is 4.98 Å². The van der Waals surface area contributed by atoms with E-state index in [1.165, 1.54) is 0 Å². The average molecular weight is 290 g/mol. The number of pyridine rings is 1. The van der Waals surface area contributed by atoms with E-state index in [4.69, 9.17) is 24.7 Å². The van der Waals surface area contributed by atoms with E-state index in [0.29, 0.717) is 35.3 Å². The number of benzene rings is 1. The molecule has 1 aromatic carbocycles. The molecule has 0 spiro atoms. The molecule has 112 valence electrons. The van der Waals surface area contributed by atoms with Crippen molar-refractivity contribution in [1.82, 2.24) is 4.98 Å². The van der Waals surface area contributed by atoms with E-state index in [0.717, 1.165) is 5.69 Å². The molecule has 0 radical (unpaired) electrons. The lowest BCUT2D eigenvalue weighted by Crippen LogP contribution is -2.01. The molecule has 0 fully saturated rings. The van der Waals surface area contributed by atoms with Crippen LogP contribution in [0.4, 0.5) is 5.69 Å². The Morgan fingerprint density at radius 3 is 2.19 bits per heavy atom. The molecule has 0 aliphatic rings. The second-order valence-corrected chi connectivity index (χ2v) is 4.23. The summed E-state index contributed by atoms with van der Waals surface area (Å²) < 4.78 is 21.5. The van der Waals surface area contributed by atoms with Crippen molar-refractivity contribution >= 4 is 5.69 Å². The standard InChI is InChI=1S/C15H18N2O4/c1-18-13-7-12(8-14(19-2)15(13)20-3)21-9-11-6-10(16)4-5-17-11/h4-8H,9H2,1-3H3,(H2,16,17). The summed E-state index contributed by atoms with van der Waals surface area (Å²) in [6.07, 6.45) is 1.64. The first-order chi connectivity index (χ1) is 10.2. The Morgan fingerprint density at radius 1 is 1.00 bits per heavy atom. The second-order valence-electron chi connectivity index (χ2n) is 4.23. The SMILES string of the molecule is COc1cc(OCc2cc(N)ccn2)cc(OC)c1OC. The molecule has 0 saturated heterocycles. The van der Waals surface area contributed by atoms with Crippen molar-refractivity contribution in [2.75, 3.05) is 27.1 Å². The van der Waals surface area contributed by atoms with Crippen molar-refractivity contribution in [3.63, 3.8) is 0 Å². The van der Waals surface area contributed by atoms with Gasteiger partial charge in [0.1, 0.15) is 12.4 Å². The lowest BCUT2D eigenvalue weighted by atomic mass is 10.2. The summed E-state index contributed by atoms with van der Waals surface area (Å²) >= 11 is 0. The van der Waals surface area contributed by atoms with Gasteiger partial charge in [-0.2, -0.15) is 0 Å². The topological polar surface area (TPSA) is 75.8 Å². The first-order valence-corrected chi connectivity index (χ1v) is 6.31. The molecule has 0 bridgehead atoms. The number of ether oxygens (including phenoxy) is 4. The summed E-state index contributed by atoms with van der Waals surface area (Å²) in [6, 6.07) is 6.95. The van der Waals surface area contributed by atoms with Gasteiger partial charge >= 0.3 is 0 Å². The zero-order valence-corrected chi connectivity index (χ0v) is 12.3. The second kappa shape index (κ2) is 6.69. The zero-order chi connectivity index (χ0) is 15.2. The van der Waals surface area contributed by atoms with Crippen molar-refractivity contribution in [3.05, 3.63) is 36.2 Å². The predicted molar refractivity (Wildman–Crippen MR) is 79.1 cm³/mol. The van der Waals surface area contributed by atoms with Gasteiger partial charge in [0, 0.05) is 24.0 Å². The molecule has 6 nitrogen and oxygen atoms in total. The lowest BCUT2D eigenvalue weighted by molar-refractivity contribution is 0.288. The number of nitrogens with zero attached hydrogens (tertiary/aromatic N) is 1. The minimum absolute atomic E-state index is 0.295. The maximum absolute atomic E-state index is 5.70. The zero-order valence-electron chi connectivity index (χ0n) is 12.3. The van der Waals surface area contributed by atoms with Gasteiger partial charge in [-0.25, -0.2) is 0 Å². The average Bonchev–Trinajstić information content (AvgIpc) is 2.51. The first-order valence-electron chi connectivity index (χ1n) is 6.31. The van der Waals surface area contributed by atoms with Gasteiger partial charge in [0.15, 0.2) is 11.5 Å². The maximum atomic E-state index is 5.70. The fraction of sp³-hybridized carbons (Fsp3) is 0.267. The number of methoxy groups -OCH3 is 3. The molecule has 0 aliphatic heterocycles. The fourth-order valence-corrected chi connectivity index (χ4v) is 1.87. The van der Waals surface area contributed by atoms with Crippen molar-refractivity contribution in [3.8, 4) is 23.0 Å². The van der Waals surface area contributed by atoms with Crippen LogP contribution in [0.1, 0.15) is 5.69 Å². The Bertz CT molecular complexity index is 591. The predicted octanol–water partition coefficient (Wildman–Crippen LogP) is 2.27. The number of hydrogen-bond acceptors (Lipinski definition) is 6. The number of hydrogen-bond donors (Lipinski definition) is 1. The molecule has 6 heteroatoms. The molecule has 0 atom stereocenters. The molecular weight excluding hydrogens is 272 g/mol. The Morgan fingerprint density at radius 2 is 1.67 bits per heavy atom. The van der Waals surface area contributed by atoms with Crippen LogP contribution < -0.4 is 24.7 Å². The van der Waals surface area contributed by atoms with Gasteiger partial charge in [-0.1, -0.05) is 0 Å². The van der Waals surface area contributed by atoms with Crippen molar-refractivity contribution in [2.24, 2.45) is 0 Å². The number of aromatic nitrogens is 1. The van der Waals surface area contributed by atoms with E-state index < -0.39 is 0 Å². The molecule has 2 N–H and O–H groups in total. The van der Waals surface area contributed by atoms with Gasteiger partial charge in [0.05, 0.1) is 27.0 Å². The van der Waals surface area contributed by atoms with E-state index in [1.807, 2.05) is 0 Å². The monoisotopic (exact) mass is 290 g/mol. The number of rotatable bonds is 6. The van der Waals surface area contributed by atoms with E-state index >= 15 is 0 Å². The van der Waals surface area contributed by atoms with E-state index in [-0.39, 0.29) is 0 Å². The number of nitrogen functional groups attached to an aromatic ring is 1. The van der Waals surface area contributed by atoms with Crippen LogP contribution in [0, 0.1) is 0 Å². The van der Waals surface area contributed by atoms with E-state index in [2.05, 4.69) is 4.98 Å². The molecule has 0 aliphatic carbocycles. The molecule has 1 aromatic heterocycles. The highest BCUT2D eigenvalue weighted by atomic mass is 16.5. The summed E-state index contributed by atoms with van der Waals surface area (Å²) in [4.78, 5) is 4.18. The lowest BCUT2D eigenvalue weighted by Gasteiger charge is -2.14. The van der Waals surface area contributed by atoms with Crippen LogP contribution >= 0.6 is 0 Å². The number of anilines is 1. The highest BCUT2D eigenvalue weighted by Gasteiger charge is 2.14. The quantitative estimate of drug-likeness (QED) is 0.879. The van der Waals surface area contributed by atoms with Crippen LogP contribution in [0.5, 0.6) is 23.0 Å². The number of nitrogens with two attached hydrogens (primary N) is 1. The van der Waals surface area contributed by atoms with E-state index in [9.17, 15) is 0 Å². The van der Waals surface area contributed by atoms with Crippen LogP contribution in [0.3, 0.4) is 0 Å². The summed E-state index contributed by atoms with van der Waals surface area (Å²) in [5, 5.41) is 0. The highest BCUT2D eigenvalue weighted by molar-refractivity contribution is 5.55. The highest BCUT2D eigenvalue weighted by Crippen LogP contribution is 2.40. The third-order valence-corrected chi connectivity index (χ3v) is 2.87. The minimum Gasteiger partial charge on any atom is -0.493 e. The summed E-state index contributed by atoms with van der Waals surface area (Å²) in [7, 11) is 4.67. The normalized spacial score (nSPS) is 10.0. The van der Waals surface area contributed by atoms with Crippen LogP contribution in [-0.4, -0.2) is 26.3 Å². The molecule has 2 aromatic rings. The third-order valence-electron chi connectivity index (χ3n) is 2.87. The minimum atomic E-state index is 0.295. The van der Waals surface area contributed by atoms with Gasteiger partial charge in [-0.05, 0) is 12.1 Å². The maximum Gasteiger partial charge on any atom is 0.203 e. The smallest absolute Gasteiger partial charge is 0.203 e. The molecule has 0 amide bonds. The summed E-state index contributed by atoms with van der Waals surface area (Å²) in [5.41, 5.74) is 7.09. The Kier molecular flexibility index (Phi) is 4.71. The van der Waals surface area contributed by atoms with Crippen molar-refractivity contribution < 1.29 is 18.9 Å². The van der Waals surface area contributed by atoms with Gasteiger partial charge in [0.2, 0.25) is 5.75 Å². The van der Waals surface area contributed by atoms with Crippen molar-refractivity contribution in [2.45, 2.75) is 6.61 Å². The van der Waals surface area contributed by atoms with Gasteiger partial charge < -0.3 is 24.7 Å².